The molecule has 0 spiro atoms. The number of carbonyl (C=O) groups excluding carboxylic acids is 1. The van der Waals surface area contributed by atoms with Crippen LogP contribution >= 0.6 is 0 Å². The largest absolute Gasteiger partial charge is 0.497 e. The Morgan fingerprint density at radius 2 is 1.87 bits per heavy atom. The van der Waals surface area contributed by atoms with Gasteiger partial charge in [-0.1, -0.05) is 12.8 Å². The van der Waals surface area contributed by atoms with Crippen molar-refractivity contribution in [2.75, 3.05) is 14.2 Å². The molecule has 1 N–H and O–H groups in total. The maximum Gasteiger partial charge on any atom is 0.243 e. The molecular weight excluding hydrogens is 292 g/mol. The van der Waals surface area contributed by atoms with Crippen molar-refractivity contribution in [2.45, 2.75) is 32.6 Å². The molecule has 3 rings (SSSR count). The van der Waals surface area contributed by atoms with Gasteiger partial charge in [0.2, 0.25) is 5.91 Å². The van der Waals surface area contributed by atoms with E-state index in [4.69, 9.17) is 9.47 Å². The van der Waals surface area contributed by atoms with Crippen molar-refractivity contribution < 1.29 is 14.3 Å². The molecule has 2 aliphatic rings. The highest BCUT2D eigenvalue weighted by Crippen LogP contribution is 2.55. The monoisotopic (exact) mass is 316 g/mol. The predicted molar refractivity (Wildman–Crippen MR) is 88.8 cm³/mol. The van der Waals surface area contributed by atoms with E-state index in [0.717, 1.165) is 17.0 Å². The third kappa shape index (κ3) is 3.19. The molecule has 3 atom stereocenters. The molecule has 5 nitrogen and oxygen atoms in total. The summed E-state index contributed by atoms with van der Waals surface area (Å²) >= 11 is 0. The van der Waals surface area contributed by atoms with E-state index >= 15 is 0 Å². The second-order valence-corrected chi connectivity index (χ2v) is 6.38. The van der Waals surface area contributed by atoms with Gasteiger partial charge in [0.25, 0.3) is 0 Å². The lowest BCUT2D eigenvalue weighted by molar-refractivity contribution is -0.122. The first-order chi connectivity index (χ1) is 11.2. The topological polar surface area (TPSA) is 59.9 Å². The number of ether oxygens (including phenoxy) is 2. The first-order valence-corrected chi connectivity index (χ1v) is 8.22. The van der Waals surface area contributed by atoms with E-state index < -0.39 is 0 Å². The summed E-state index contributed by atoms with van der Waals surface area (Å²) < 4.78 is 10.6. The van der Waals surface area contributed by atoms with Gasteiger partial charge in [-0.25, -0.2) is 5.43 Å². The fraction of sp³-hybridized carbons (Fsp3) is 0.556. The van der Waals surface area contributed by atoms with E-state index in [2.05, 4.69) is 10.5 Å². The second kappa shape index (κ2) is 6.60. The number of benzene rings is 1. The molecule has 0 heterocycles. The minimum Gasteiger partial charge on any atom is -0.497 e. The molecular formula is C18H24N2O3. The Morgan fingerprint density at radius 1 is 1.17 bits per heavy atom. The summed E-state index contributed by atoms with van der Waals surface area (Å²) in [6, 6.07) is 5.55. The van der Waals surface area contributed by atoms with Crippen LogP contribution in [0.15, 0.2) is 23.3 Å². The molecule has 0 saturated heterocycles. The van der Waals surface area contributed by atoms with Crippen LogP contribution in [-0.4, -0.2) is 25.8 Å². The number of fused-ring (bicyclic) bond motifs is 1. The highest BCUT2D eigenvalue weighted by molar-refractivity contribution is 6.01. The highest BCUT2D eigenvalue weighted by Gasteiger charge is 2.54. The minimum absolute atomic E-state index is 0.0636. The number of methoxy groups -OCH3 is 2. The fourth-order valence-electron chi connectivity index (χ4n) is 3.75. The second-order valence-electron chi connectivity index (χ2n) is 6.38. The standard InChI is InChI=1S/C18H24N2O3/c1-11(13-9-8-12(22-2)10-16(13)23-3)19-20-18(21)17-14-6-4-5-7-15(14)17/h8-10,14-15,17H,4-7H2,1-3H3,(H,20,21)/b19-11-/t14-,15+,17?. The van der Waals surface area contributed by atoms with E-state index in [0.29, 0.717) is 17.6 Å². The lowest BCUT2D eigenvalue weighted by atomic mass is 10.0. The first kappa shape index (κ1) is 15.8. The Bertz CT molecular complexity index is 615. The number of amides is 1. The number of nitrogens with zero attached hydrogens (tertiary/aromatic N) is 1. The maximum absolute atomic E-state index is 12.3. The molecule has 2 fully saturated rings. The van der Waals surface area contributed by atoms with Crippen LogP contribution in [0.1, 0.15) is 38.2 Å². The van der Waals surface area contributed by atoms with Gasteiger partial charge in [0, 0.05) is 17.5 Å². The zero-order chi connectivity index (χ0) is 16.4. The molecule has 0 radical (unpaired) electrons. The van der Waals surface area contributed by atoms with Gasteiger partial charge in [0.15, 0.2) is 0 Å². The molecule has 1 aromatic rings. The summed E-state index contributed by atoms with van der Waals surface area (Å²) in [5, 5.41) is 4.27. The molecule has 0 aromatic heterocycles. The summed E-state index contributed by atoms with van der Waals surface area (Å²) in [4.78, 5) is 12.3. The summed E-state index contributed by atoms with van der Waals surface area (Å²) in [7, 11) is 3.23. The molecule has 5 heteroatoms. The minimum atomic E-state index is 0.0636. The van der Waals surface area contributed by atoms with E-state index in [-0.39, 0.29) is 11.8 Å². The molecule has 1 unspecified atom stereocenters. The normalized spacial score (nSPS) is 26.2. The fourth-order valence-corrected chi connectivity index (χ4v) is 3.75. The van der Waals surface area contributed by atoms with Crippen LogP contribution in [0.4, 0.5) is 0 Å². The maximum atomic E-state index is 12.3. The number of hydrazone groups is 1. The number of hydrogen-bond donors (Lipinski definition) is 1. The quantitative estimate of drug-likeness (QED) is 0.671. The van der Waals surface area contributed by atoms with E-state index in [1.165, 1.54) is 25.7 Å². The Morgan fingerprint density at radius 3 is 2.48 bits per heavy atom. The van der Waals surface area contributed by atoms with Gasteiger partial charge >= 0.3 is 0 Å². The van der Waals surface area contributed by atoms with E-state index in [1.54, 1.807) is 14.2 Å². The van der Waals surface area contributed by atoms with Gasteiger partial charge < -0.3 is 9.47 Å². The number of rotatable bonds is 5. The van der Waals surface area contributed by atoms with Crippen molar-refractivity contribution in [3.05, 3.63) is 23.8 Å². The van der Waals surface area contributed by atoms with Gasteiger partial charge in [0.1, 0.15) is 11.5 Å². The SMILES string of the molecule is COc1ccc(/C(C)=N\NC(=O)C2[C@H]3CCCC[C@@H]23)c(OC)c1. The van der Waals surface area contributed by atoms with Crippen LogP contribution in [0.25, 0.3) is 0 Å². The average Bonchev–Trinajstić information content (AvgIpc) is 3.33. The average molecular weight is 316 g/mol. The van der Waals surface area contributed by atoms with Crippen molar-refractivity contribution in [1.82, 2.24) is 5.43 Å². The van der Waals surface area contributed by atoms with Crippen molar-refractivity contribution in [3.8, 4) is 11.5 Å². The predicted octanol–water partition coefficient (Wildman–Crippen LogP) is 2.98. The van der Waals surface area contributed by atoms with Gasteiger partial charge in [0.05, 0.1) is 19.9 Å². The van der Waals surface area contributed by atoms with Gasteiger partial charge in [-0.05, 0) is 43.7 Å². The zero-order valence-corrected chi connectivity index (χ0v) is 14.0. The van der Waals surface area contributed by atoms with Crippen molar-refractivity contribution in [1.29, 1.82) is 0 Å². The van der Waals surface area contributed by atoms with Crippen LogP contribution in [0.2, 0.25) is 0 Å². The first-order valence-electron chi connectivity index (χ1n) is 8.22. The van der Waals surface area contributed by atoms with Crippen molar-refractivity contribution >= 4 is 11.6 Å². The smallest absolute Gasteiger partial charge is 0.243 e. The molecule has 124 valence electrons. The van der Waals surface area contributed by atoms with Crippen LogP contribution in [0, 0.1) is 17.8 Å². The van der Waals surface area contributed by atoms with Crippen molar-refractivity contribution in [2.24, 2.45) is 22.9 Å². The molecule has 0 bridgehead atoms. The van der Waals surface area contributed by atoms with Gasteiger partial charge in [-0.3, -0.25) is 4.79 Å². The molecule has 2 aliphatic carbocycles. The molecule has 23 heavy (non-hydrogen) atoms. The number of nitrogens with one attached hydrogen (secondary N) is 1. The highest BCUT2D eigenvalue weighted by atomic mass is 16.5. The Labute approximate surface area is 137 Å². The van der Waals surface area contributed by atoms with Crippen LogP contribution in [0.5, 0.6) is 11.5 Å². The van der Waals surface area contributed by atoms with Crippen LogP contribution < -0.4 is 14.9 Å². The zero-order valence-electron chi connectivity index (χ0n) is 14.0. The summed E-state index contributed by atoms with van der Waals surface area (Å²) in [5.74, 6) is 2.83. The van der Waals surface area contributed by atoms with Gasteiger partial charge in [-0.15, -0.1) is 0 Å². The Balaban J connectivity index is 1.67. The van der Waals surface area contributed by atoms with Gasteiger partial charge in [-0.2, -0.15) is 5.10 Å². The lowest BCUT2D eigenvalue weighted by Gasteiger charge is -2.10. The number of carbonyl (C=O) groups is 1. The molecule has 1 aromatic carbocycles. The lowest BCUT2D eigenvalue weighted by Crippen LogP contribution is -2.22. The Hall–Kier alpha value is -2.04. The van der Waals surface area contributed by atoms with E-state index in [9.17, 15) is 4.79 Å². The number of hydrogen-bond acceptors (Lipinski definition) is 4. The van der Waals surface area contributed by atoms with Crippen LogP contribution in [-0.2, 0) is 4.79 Å². The third-order valence-corrected chi connectivity index (χ3v) is 5.09. The summed E-state index contributed by atoms with van der Waals surface area (Å²) in [5.41, 5.74) is 4.31. The van der Waals surface area contributed by atoms with Crippen molar-refractivity contribution in [3.63, 3.8) is 0 Å². The third-order valence-electron chi connectivity index (χ3n) is 5.09. The summed E-state index contributed by atoms with van der Waals surface area (Å²) in [6.45, 7) is 1.87. The van der Waals surface area contributed by atoms with E-state index in [1.807, 2.05) is 25.1 Å². The molecule has 1 amide bonds. The Kier molecular flexibility index (Phi) is 4.55. The molecule has 2 saturated carbocycles. The molecule has 0 aliphatic heterocycles. The summed E-state index contributed by atoms with van der Waals surface area (Å²) in [6.07, 6.45) is 4.90. The van der Waals surface area contributed by atoms with Crippen LogP contribution in [0.3, 0.4) is 0 Å².